The molecule has 0 radical (unpaired) electrons. The molecule has 6 nitrogen and oxygen atoms in total. The molecule has 0 spiro atoms. The number of aryl methyl sites for hydroxylation is 1. The third-order valence-corrected chi connectivity index (χ3v) is 4.88. The van der Waals surface area contributed by atoms with Gasteiger partial charge in [-0.15, -0.1) is 0 Å². The lowest BCUT2D eigenvalue weighted by molar-refractivity contribution is -0.117. The second-order valence-corrected chi connectivity index (χ2v) is 6.75. The van der Waals surface area contributed by atoms with Crippen LogP contribution >= 0.6 is 0 Å². The largest absolute Gasteiger partial charge is 0.390 e. The fourth-order valence-corrected chi connectivity index (χ4v) is 3.60. The maximum absolute atomic E-state index is 12.5. The van der Waals surface area contributed by atoms with E-state index in [1.165, 1.54) is 22.3 Å². The van der Waals surface area contributed by atoms with E-state index in [1.54, 1.807) is 0 Å². The second-order valence-electron chi connectivity index (χ2n) is 6.75. The number of hydrogen-bond donors (Lipinski definition) is 2. The van der Waals surface area contributed by atoms with Crippen molar-refractivity contribution in [2.75, 3.05) is 5.32 Å². The predicted molar refractivity (Wildman–Crippen MR) is 103 cm³/mol. The van der Waals surface area contributed by atoms with Gasteiger partial charge in [-0.05, 0) is 42.9 Å². The van der Waals surface area contributed by atoms with Gasteiger partial charge in [-0.1, -0.05) is 42.5 Å². The number of rotatable bonds is 5. The highest BCUT2D eigenvalue weighted by atomic mass is 16.3. The van der Waals surface area contributed by atoms with Gasteiger partial charge in [0.2, 0.25) is 5.91 Å². The van der Waals surface area contributed by atoms with Crippen LogP contribution in [0.25, 0.3) is 11.3 Å². The first-order valence-electron chi connectivity index (χ1n) is 9.25. The van der Waals surface area contributed by atoms with Gasteiger partial charge < -0.3 is 10.4 Å². The Morgan fingerprint density at radius 2 is 1.85 bits per heavy atom. The van der Waals surface area contributed by atoms with Crippen molar-refractivity contribution >= 4 is 11.6 Å². The van der Waals surface area contributed by atoms with Crippen molar-refractivity contribution in [2.24, 2.45) is 0 Å². The number of carbonyl (C=O) groups is 1. The SMILES string of the molecule is O=C(Cn1nc(CO)c(-c2ccccc2)n1)Nc1cccc2c1CCCC2. The lowest BCUT2D eigenvalue weighted by Crippen LogP contribution is -2.22. The van der Waals surface area contributed by atoms with Gasteiger partial charge in [0.25, 0.3) is 0 Å². The molecule has 4 rings (SSSR count). The average molecular weight is 362 g/mol. The second kappa shape index (κ2) is 7.72. The highest BCUT2D eigenvalue weighted by Gasteiger charge is 2.17. The van der Waals surface area contributed by atoms with Crippen molar-refractivity contribution in [1.82, 2.24) is 15.0 Å². The van der Waals surface area contributed by atoms with Crippen LogP contribution in [-0.4, -0.2) is 26.0 Å². The fourth-order valence-electron chi connectivity index (χ4n) is 3.60. The van der Waals surface area contributed by atoms with Gasteiger partial charge in [0.1, 0.15) is 17.9 Å². The summed E-state index contributed by atoms with van der Waals surface area (Å²) >= 11 is 0. The first-order chi connectivity index (χ1) is 13.2. The molecule has 0 saturated carbocycles. The molecule has 2 N–H and O–H groups in total. The van der Waals surface area contributed by atoms with E-state index in [9.17, 15) is 9.90 Å². The summed E-state index contributed by atoms with van der Waals surface area (Å²) in [4.78, 5) is 13.9. The van der Waals surface area contributed by atoms with Crippen molar-refractivity contribution in [3.05, 3.63) is 65.4 Å². The van der Waals surface area contributed by atoms with Crippen molar-refractivity contribution < 1.29 is 9.90 Å². The average Bonchev–Trinajstić information content (AvgIpc) is 3.11. The maximum atomic E-state index is 12.5. The summed E-state index contributed by atoms with van der Waals surface area (Å²) in [7, 11) is 0. The Labute approximate surface area is 157 Å². The third-order valence-electron chi connectivity index (χ3n) is 4.88. The van der Waals surface area contributed by atoms with E-state index in [2.05, 4.69) is 21.6 Å². The number of nitrogens with one attached hydrogen (secondary N) is 1. The molecule has 3 aromatic rings. The molecule has 1 heterocycles. The van der Waals surface area contributed by atoms with Crippen LogP contribution in [0.15, 0.2) is 48.5 Å². The van der Waals surface area contributed by atoms with Crippen LogP contribution < -0.4 is 5.32 Å². The summed E-state index contributed by atoms with van der Waals surface area (Å²) < 4.78 is 0. The topological polar surface area (TPSA) is 80.0 Å². The van der Waals surface area contributed by atoms with Crippen LogP contribution in [0.3, 0.4) is 0 Å². The first kappa shape index (κ1) is 17.4. The smallest absolute Gasteiger partial charge is 0.247 e. The summed E-state index contributed by atoms with van der Waals surface area (Å²) in [5, 5.41) is 21.3. The lowest BCUT2D eigenvalue weighted by atomic mass is 9.90. The molecule has 1 aromatic heterocycles. The Morgan fingerprint density at radius 3 is 2.67 bits per heavy atom. The monoisotopic (exact) mass is 362 g/mol. The number of anilines is 1. The molecule has 6 heteroatoms. The van der Waals surface area contributed by atoms with Crippen molar-refractivity contribution in [2.45, 2.75) is 38.8 Å². The Kier molecular flexibility index (Phi) is 4.98. The zero-order chi connectivity index (χ0) is 18.6. The Balaban J connectivity index is 1.52. The molecule has 0 saturated heterocycles. The molecule has 138 valence electrons. The zero-order valence-corrected chi connectivity index (χ0v) is 15.1. The molecule has 2 aromatic carbocycles. The molecular weight excluding hydrogens is 340 g/mol. The van der Waals surface area contributed by atoms with Gasteiger partial charge in [0.15, 0.2) is 0 Å². The van der Waals surface area contributed by atoms with Crippen LogP contribution in [0.1, 0.15) is 29.7 Å². The molecule has 0 unspecified atom stereocenters. The molecule has 0 aliphatic heterocycles. The van der Waals surface area contributed by atoms with Crippen molar-refractivity contribution in [3.8, 4) is 11.3 Å². The minimum atomic E-state index is -0.224. The van der Waals surface area contributed by atoms with Crippen LogP contribution in [0.5, 0.6) is 0 Å². The van der Waals surface area contributed by atoms with E-state index in [4.69, 9.17) is 0 Å². The summed E-state index contributed by atoms with van der Waals surface area (Å²) in [5.41, 5.74) is 5.38. The highest BCUT2D eigenvalue weighted by Crippen LogP contribution is 2.28. The Bertz CT molecular complexity index is 950. The van der Waals surface area contributed by atoms with E-state index in [0.717, 1.165) is 30.5 Å². The predicted octanol–water partition coefficient (Wildman–Crippen LogP) is 2.95. The normalized spacial score (nSPS) is 13.2. The molecule has 0 bridgehead atoms. The molecule has 0 fully saturated rings. The minimum absolute atomic E-state index is 0.00347. The quantitative estimate of drug-likeness (QED) is 0.731. The number of fused-ring (bicyclic) bond motifs is 1. The summed E-state index contributed by atoms with van der Waals surface area (Å²) in [5.74, 6) is -0.173. The van der Waals surface area contributed by atoms with E-state index in [1.807, 2.05) is 42.5 Å². The van der Waals surface area contributed by atoms with Crippen LogP contribution in [-0.2, 0) is 30.8 Å². The van der Waals surface area contributed by atoms with E-state index < -0.39 is 0 Å². The number of amides is 1. The Morgan fingerprint density at radius 1 is 1.04 bits per heavy atom. The van der Waals surface area contributed by atoms with Crippen molar-refractivity contribution in [1.29, 1.82) is 0 Å². The summed E-state index contributed by atoms with van der Waals surface area (Å²) in [6.07, 6.45) is 4.42. The molecule has 1 aliphatic rings. The molecule has 1 aliphatic carbocycles. The molecule has 1 amide bonds. The number of carbonyl (C=O) groups excluding carboxylic acids is 1. The van der Waals surface area contributed by atoms with Crippen LogP contribution in [0, 0.1) is 0 Å². The van der Waals surface area contributed by atoms with E-state index >= 15 is 0 Å². The van der Waals surface area contributed by atoms with E-state index in [0.29, 0.717) is 11.4 Å². The number of aliphatic hydroxyl groups is 1. The fraction of sp³-hybridized carbons (Fsp3) is 0.286. The lowest BCUT2D eigenvalue weighted by Gasteiger charge is -2.19. The summed E-state index contributed by atoms with van der Waals surface area (Å²) in [6.45, 7) is -0.221. The summed E-state index contributed by atoms with van der Waals surface area (Å²) in [6, 6.07) is 15.6. The van der Waals surface area contributed by atoms with Gasteiger partial charge in [-0.25, -0.2) is 0 Å². The standard InChI is InChI=1S/C21H22N4O2/c26-14-19-21(16-8-2-1-3-9-16)24-25(23-19)13-20(27)22-18-12-6-10-15-7-4-5-11-17(15)18/h1-3,6,8-10,12,26H,4-5,7,11,13-14H2,(H,22,27). The van der Waals surface area contributed by atoms with Crippen LogP contribution in [0.4, 0.5) is 5.69 Å². The zero-order valence-electron chi connectivity index (χ0n) is 15.1. The number of aromatic nitrogens is 3. The van der Waals surface area contributed by atoms with Gasteiger partial charge >= 0.3 is 0 Å². The van der Waals surface area contributed by atoms with Gasteiger partial charge in [-0.2, -0.15) is 15.0 Å². The van der Waals surface area contributed by atoms with Crippen LogP contribution in [0.2, 0.25) is 0 Å². The van der Waals surface area contributed by atoms with Gasteiger partial charge in [-0.3, -0.25) is 4.79 Å². The molecule has 0 atom stereocenters. The first-order valence-corrected chi connectivity index (χ1v) is 9.25. The highest BCUT2D eigenvalue weighted by molar-refractivity contribution is 5.91. The van der Waals surface area contributed by atoms with Gasteiger partial charge in [0, 0.05) is 11.3 Å². The van der Waals surface area contributed by atoms with Crippen molar-refractivity contribution in [3.63, 3.8) is 0 Å². The number of benzene rings is 2. The Hall–Kier alpha value is -2.99. The number of hydrogen-bond acceptors (Lipinski definition) is 4. The third kappa shape index (κ3) is 3.75. The minimum Gasteiger partial charge on any atom is -0.390 e. The number of aliphatic hydroxyl groups excluding tert-OH is 1. The maximum Gasteiger partial charge on any atom is 0.247 e. The van der Waals surface area contributed by atoms with E-state index in [-0.39, 0.29) is 19.1 Å². The van der Waals surface area contributed by atoms with Gasteiger partial charge in [0.05, 0.1) is 6.61 Å². The molecule has 27 heavy (non-hydrogen) atoms. The molecular formula is C21H22N4O2. The number of nitrogens with zero attached hydrogens (tertiary/aromatic N) is 3.